The van der Waals surface area contributed by atoms with Gasteiger partial charge in [0.05, 0.1) is 0 Å². The summed E-state index contributed by atoms with van der Waals surface area (Å²) in [4.78, 5) is 3.22. The summed E-state index contributed by atoms with van der Waals surface area (Å²) in [6.45, 7) is 2.08. The average molecular weight is 224 g/mol. The maximum Gasteiger partial charge on any atom is 0.177 e. The molecule has 1 aliphatic rings. The molecule has 0 radical (unpaired) electrons. The van der Waals surface area contributed by atoms with Crippen LogP contribution in [0.5, 0.6) is 0 Å². The molecule has 1 aliphatic carbocycles. The first kappa shape index (κ1) is 10.9. The summed E-state index contributed by atoms with van der Waals surface area (Å²) >= 11 is 5.34. The molecule has 84 valence electrons. The van der Waals surface area contributed by atoms with Gasteiger partial charge in [0, 0.05) is 17.9 Å². The lowest BCUT2D eigenvalue weighted by Gasteiger charge is -2.20. The number of hydrogen-bond donors (Lipinski definition) is 1. The fraction of sp³-hybridized carbons (Fsp3) is 0.750. The number of nitrogens with one attached hydrogen (secondary N) is 1. The van der Waals surface area contributed by atoms with E-state index in [0.29, 0.717) is 6.04 Å². The van der Waals surface area contributed by atoms with E-state index in [0.717, 1.165) is 4.77 Å². The maximum absolute atomic E-state index is 5.34. The minimum atomic E-state index is 0.641. The monoisotopic (exact) mass is 224 g/mol. The molecule has 0 aromatic carbocycles. The van der Waals surface area contributed by atoms with Crippen molar-refractivity contribution in [2.24, 2.45) is 0 Å². The van der Waals surface area contributed by atoms with Crippen LogP contribution in [0.25, 0.3) is 0 Å². The summed E-state index contributed by atoms with van der Waals surface area (Å²) in [5.74, 6) is 0. The molecule has 0 bridgehead atoms. The largest absolute Gasteiger partial charge is 0.335 e. The van der Waals surface area contributed by atoms with E-state index in [1.807, 2.05) is 0 Å². The third-order valence-corrected chi connectivity index (χ3v) is 3.65. The number of aryl methyl sites for hydroxylation is 1. The second-order valence-electron chi connectivity index (χ2n) is 4.65. The van der Waals surface area contributed by atoms with E-state index >= 15 is 0 Å². The van der Waals surface area contributed by atoms with Crippen molar-refractivity contribution in [3.8, 4) is 0 Å². The topological polar surface area (TPSA) is 20.7 Å². The van der Waals surface area contributed by atoms with Crippen LogP contribution < -0.4 is 0 Å². The Kier molecular flexibility index (Phi) is 3.62. The highest BCUT2D eigenvalue weighted by Crippen LogP contribution is 2.26. The second-order valence-corrected chi connectivity index (χ2v) is 5.04. The van der Waals surface area contributed by atoms with Crippen molar-refractivity contribution in [2.45, 2.75) is 57.9 Å². The number of aromatic nitrogens is 2. The van der Waals surface area contributed by atoms with Crippen LogP contribution in [-0.4, -0.2) is 9.55 Å². The molecule has 0 amide bonds. The van der Waals surface area contributed by atoms with E-state index in [9.17, 15) is 0 Å². The summed E-state index contributed by atoms with van der Waals surface area (Å²) in [5.41, 5.74) is 1.18. The summed E-state index contributed by atoms with van der Waals surface area (Å²) in [6.07, 6.45) is 11.7. The first-order chi connectivity index (χ1) is 7.27. The zero-order valence-corrected chi connectivity index (χ0v) is 10.3. The lowest BCUT2D eigenvalue weighted by molar-refractivity contribution is 0.369. The normalized spacial score (nSPS) is 19.8. The van der Waals surface area contributed by atoms with Gasteiger partial charge >= 0.3 is 0 Å². The van der Waals surface area contributed by atoms with Gasteiger partial charge in [-0.2, -0.15) is 0 Å². The van der Waals surface area contributed by atoms with E-state index in [-0.39, 0.29) is 0 Å². The molecule has 0 atom stereocenters. The summed E-state index contributed by atoms with van der Waals surface area (Å²) in [5, 5.41) is 0. The Labute approximate surface area is 96.7 Å². The molecular formula is C12H20N2S. The van der Waals surface area contributed by atoms with E-state index in [2.05, 4.69) is 22.7 Å². The van der Waals surface area contributed by atoms with Gasteiger partial charge in [-0.05, 0) is 32.0 Å². The number of hydrogen-bond acceptors (Lipinski definition) is 1. The second kappa shape index (κ2) is 4.97. The molecule has 2 nitrogen and oxygen atoms in total. The summed E-state index contributed by atoms with van der Waals surface area (Å²) in [6, 6.07) is 0.641. The first-order valence-corrected chi connectivity index (χ1v) is 6.46. The SMILES string of the molecule is Cc1cn(C2CCCCCCC2)c(=S)[nH]1. The lowest BCUT2D eigenvalue weighted by atomic mass is 9.97. The lowest BCUT2D eigenvalue weighted by Crippen LogP contribution is -2.10. The van der Waals surface area contributed by atoms with Crippen molar-refractivity contribution >= 4 is 12.2 Å². The molecule has 1 aromatic rings. The number of aromatic amines is 1. The highest BCUT2D eigenvalue weighted by molar-refractivity contribution is 7.71. The number of H-pyrrole nitrogens is 1. The van der Waals surface area contributed by atoms with Gasteiger partial charge < -0.3 is 9.55 Å². The van der Waals surface area contributed by atoms with Crippen molar-refractivity contribution in [3.05, 3.63) is 16.7 Å². The van der Waals surface area contributed by atoms with Crippen LogP contribution in [0.1, 0.15) is 56.7 Å². The molecule has 1 heterocycles. The summed E-state index contributed by atoms with van der Waals surface area (Å²) in [7, 11) is 0. The molecule has 0 saturated heterocycles. The molecule has 15 heavy (non-hydrogen) atoms. The Morgan fingerprint density at radius 3 is 2.33 bits per heavy atom. The van der Waals surface area contributed by atoms with Crippen LogP contribution in [0.3, 0.4) is 0 Å². The highest BCUT2D eigenvalue weighted by atomic mass is 32.1. The third-order valence-electron chi connectivity index (χ3n) is 3.34. The fourth-order valence-corrected chi connectivity index (χ4v) is 2.88. The fourth-order valence-electron chi connectivity index (χ4n) is 2.52. The Morgan fingerprint density at radius 2 is 1.80 bits per heavy atom. The standard InChI is InChI=1S/C12H20N2S/c1-10-9-14(12(15)13-10)11-7-5-3-2-4-6-8-11/h9,11H,2-8H2,1H3,(H,13,15). The van der Waals surface area contributed by atoms with Gasteiger partial charge in [-0.15, -0.1) is 0 Å². The molecular weight excluding hydrogens is 204 g/mol. The number of rotatable bonds is 1. The van der Waals surface area contributed by atoms with Crippen molar-refractivity contribution in [1.29, 1.82) is 0 Å². The zero-order chi connectivity index (χ0) is 10.7. The van der Waals surface area contributed by atoms with Gasteiger partial charge in [-0.1, -0.05) is 32.1 Å². The van der Waals surface area contributed by atoms with E-state index in [1.54, 1.807) is 0 Å². The Bertz CT molecular complexity index is 356. The molecule has 1 N–H and O–H groups in total. The minimum Gasteiger partial charge on any atom is -0.335 e. The molecule has 3 heteroatoms. The van der Waals surface area contributed by atoms with Crippen LogP contribution in [0.4, 0.5) is 0 Å². The summed E-state index contributed by atoms with van der Waals surface area (Å²) < 4.78 is 3.17. The first-order valence-electron chi connectivity index (χ1n) is 6.05. The van der Waals surface area contributed by atoms with Crippen LogP contribution in [0.15, 0.2) is 6.20 Å². The molecule has 0 spiro atoms. The predicted octanol–water partition coefficient (Wildman–Crippen LogP) is 4.14. The third kappa shape index (κ3) is 2.71. The van der Waals surface area contributed by atoms with Crippen LogP contribution in [0.2, 0.25) is 0 Å². The van der Waals surface area contributed by atoms with E-state index < -0.39 is 0 Å². The van der Waals surface area contributed by atoms with Gasteiger partial charge in [0.15, 0.2) is 4.77 Å². The maximum atomic E-state index is 5.34. The van der Waals surface area contributed by atoms with E-state index in [4.69, 9.17) is 12.2 Å². The number of imidazole rings is 1. The number of nitrogens with zero attached hydrogens (tertiary/aromatic N) is 1. The Morgan fingerprint density at radius 1 is 1.20 bits per heavy atom. The average Bonchev–Trinajstić information content (AvgIpc) is 2.45. The smallest absolute Gasteiger partial charge is 0.177 e. The minimum absolute atomic E-state index is 0.641. The van der Waals surface area contributed by atoms with Crippen LogP contribution in [-0.2, 0) is 0 Å². The molecule has 1 saturated carbocycles. The molecule has 0 unspecified atom stereocenters. The molecule has 2 rings (SSSR count). The van der Waals surface area contributed by atoms with Gasteiger partial charge in [0.25, 0.3) is 0 Å². The molecule has 0 aliphatic heterocycles. The quantitative estimate of drug-likeness (QED) is 0.711. The van der Waals surface area contributed by atoms with Crippen molar-refractivity contribution in [1.82, 2.24) is 9.55 Å². The highest BCUT2D eigenvalue weighted by Gasteiger charge is 2.13. The predicted molar refractivity (Wildman–Crippen MR) is 65.7 cm³/mol. The molecule has 1 fully saturated rings. The zero-order valence-electron chi connectivity index (χ0n) is 9.46. The Balaban J connectivity index is 2.13. The van der Waals surface area contributed by atoms with Crippen molar-refractivity contribution < 1.29 is 0 Å². The van der Waals surface area contributed by atoms with Crippen LogP contribution in [0, 0.1) is 11.7 Å². The van der Waals surface area contributed by atoms with Gasteiger partial charge in [-0.25, -0.2) is 0 Å². The molecule has 1 aromatic heterocycles. The van der Waals surface area contributed by atoms with Crippen LogP contribution >= 0.6 is 12.2 Å². The van der Waals surface area contributed by atoms with Crippen molar-refractivity contribution in [2.75, 3.05) is 0 Å². The van der Waals surface area contributed by atoms with Gasteiger partial charge in [-0.3, -0.25) is 0 Å². The van der Waals surface area contributed by atoms with Gasteiger partial charge in [0.2, 0.25) is 0 Å². The van der Waals surface area contributed by atoms with Gasteiger partial charge in [0.1, 0.15) is 0 Å². The Hall–Kier alpha value is -0.570. The van der Waals surface area contributed by atoms with E-state index in [1.165, 1.54) is 50.6 Å². The van der Waals surface area contributed by atoms with Crippen molar-refractivity contribution in [3.63, 3.8) is 0 Å².